The van der Waals surface area contributed by atoms with Crippen LogP contribution in [0.5, 0.6) is 11.5 Å². The number of fused-ring (bicyclic) bond motifs is 3. The van der Waals surface area contributed by atoms with Crippen LogP contribution < -0.4 is 9.47 Å². The second kappa shape index (κ2) is 6.29. The summed E-state index contributed by atoms with van der Waals surface area (Å²) in [6.07, 6.45) is 6.85. The maximum absolute atomic E-state index is 12.8. The second-order valence-electron chi connectivity index (χ2n) is 7.23. The van der Waals surface area contributed by atoms with Gasteiger partial charge < -0.3 is 9.47 Å². The van der Waals surface area contributed by atoms with Crippen molar-refractivity contribution in [1.82, 2.24) is 4.90 Å². The lowest BCUT2D eigenvalue weighted by molar-refractivity contribution is 0.0567. The van der Waals surface area contributed by atoms with E-state index in [0.717, 1.165) is 23.4 Å². The molecule has 0 aromatic heterocycles. The number of rotatable bonds is 2. The predicted octanol–water partition coefficient (Wildman–Crippen LogP) is 4.40. The van der Waals surface area contributed by atoms with Crippen molar-refractivity contribution in [2.24, 2.45) is 0 Å². The van der Waals surface area contributed by atoms with E-state index in [4.69, 9.17) is 9.47 Å². The minimum atomic E-state index is -0.0513. The fourth-order valence-corrected chi connectivity index (χ4v) is 4.18. The molecule has 26 heavy (non-hydrogen) atoms. The van der Waals surface area contributed by atoms with Crippen LogP contribution in [0.2, 0.25) is 0 Å². The van der Waals surface area contributed by atoms with Gasteiger partial charge in [-0.05, 0) is 36.6 Å². The predicted molar refractivity (Wildman–Crippen MR) is 99.1 cm³/mol. The summed E-state index contributed by atoms with van der Waals surface area (Å²) in [4.78, 5) is 15.2. The summed E-state index contributed by atoms with van der Waals surface area (Å²) < 4.78 is 12.0. The summed E-state index contributed by atoms with van der Waals surface area (Å²) in [5.41, 5.74) is 2.61. The summed E-state index contributed by atoms with van der Waals surface area (Å²) >= 11 is 0. The molecule has 2 heterocycles. The highest BCUT2D eigenvalue weighted by molar-refractivity contribution is 6.15. The van der Waals surface area contributed by atoms with Crippen molar-refractivity contribution in [3.63, 3.8) is 0 Å². The first-order chi connectivity index (χ1) is 12.8. The topological polar surface area (TPSA) is 38.8 Å². The molecule has 2 aliphatic heterocycles. The Morgan fingerprint density at radius 1 is 1.04 bits per heavy atom. The summed E-state index contributed by atoms with van der Waals surface area (Å²) in [6.45, 7) is 1.41. The van der Waals surface area contributed by atoms with E-state index in [1.165, 1.54) is 25.7 Å². The van der Waals surface area contributed by atoms with Crippen LogP contribution in [0.25, 0.3) is 6.08 Å². The van der Waals surface area contributed by atoms with E-state index < -0.39 is 0 Å². The fraction of sp³-hybridized carbons (Fsp3) is 0.318. The van der Waals surface area contributed by atoms with Crippen LogP contribution in [0.4, 0.5) is 0 Å². The van der Waals surface area contributed by atoms with Gasteiger partial charge in [-0.3, -0.25) is 9.69 Å². The molecule has 2 aromatic carbocycles. The Kier molecular flexibility index (Phi) is 3.79. The molecule has 4 heteroatoms. The number of benzene rings is 2. The second-order valence-corrected chi connectivity index (χ2v) is 7.23. The van der Waals surface area contributed by atoms with Crippen LogP contribution in [0.15, 0.2) is 48.2 Å². The highest BCUT2D eigenvalue weighted by Gasteiger charge is 2.35. The monoisotopic (exact) mass is 347 g/mol. The molecule has 3 aliphatic rings. The minimum absolute atomic E-state index is 0.0513. The Morgan fingerprint density at radius 2 is 1.85 bits per heavy atom. The molecular weight excluding hydrogens is 326 g/mol. The van der Waals surface area contributed by atoms with Crippen molar-refractivity contribution in [3.05, 3.63) is 64.9 Å². The van der Waals surface area contributed by atoms with Gasteiger partial charge in [-0.1, -0.05) is 43.2 Å². The Labute approximate surface area is 153 Å². The van der Waals surface area contributed by atoms with Gasteiger partial charge in [0.25, 0.3) is 0 Å². The molecule has 0 amide bonds. The number of ketones is 1. The van der Waals surface area contributed by atoms with Crippen LogP contribution in [-0.2, 0) is 6.54 Å². The average Bonchev–Trinajstić information content (AvgIpc) is 3.32. The molecule has 0 bridgehead atoms. The number of ether oxygens (including phenoxy) is 2. The quantitative estimate of drug-likeness (QED) is 0.755. The molecule has 0 radical (unpaired) electrons. The molecular formula is C22H21NO3. The van der Waals surface area contributed by atoms with Gasteiger partial charge in [0.15, 0.2) is 5.76 Å². The molecule has 1 saturated carbocycles. The number of hydrogen-bond acceptors (Lipinski definition) is 4. The highest BCUT2D eigenvalue weighted by atomic mass is 16.5. The number of nitrogens with zero attached hydrogens (tertiary/aromatic N) is 1. The van der Waals surface area contributed by atoms with Crippen molar-refractivity contribution in [2.75, 3.05) is 6.73 Å². The Hall–Kier alpha value is -2.59. The third-order valence-electron chi connectivity index (χ3n) is 5.58. The van der Waals surface area contributed by atoms with Crippen LogP contribution in [0, 0.1) is 0 Å². The van der Waals surface area contributed by atoms with Gasteiger partial charge in [-0.25, -0.2) is 0 Å². The van der Waals surface area contributed by atoms with Crippen molar-refractivity contribution >= 4 is 11.9 Å². The minimum Gasteiger partial charge on any atom is -0.478 e. The lowest BCUT2D eigenvalue weighted by Crippen LogP contribution is -2.39. The molecule has 0 unspecified atom stereocenters. The molecule has 1 aliphatic carbocycles. The van der Waals surface area contributed by atoms with Gasteiger partial charge in [-0.15, -0.1) is 0 Å². The zero-order valence-corrected chi connectivity index (χ0v) is 14.6. The molecule has 0 atom stereocenters. The van der Waals surface area contributed by atoms with Gasteiger partial charge in [0.05, 0.1) is 11.1 Å². The summed E-state index contributed by atoms with van der Waals surface area (Å²) in [7, 11) is 0. The van der Waals surface area contributed by atoms with Crippen molar-refractivity contribution < 1.29 is 14.3 Å². The first-order valence-electron chi connectivity index (χ1n) is 9.31. The van der Waals surface area contributed by atoms with Crippen LogP contribution in [-0.4, -0.2) is 23.5 Å². The Balaban J connectivity index is 1.48. The number of Topliss-reactive ketones (excluding diaryl/α,β-unsaturated/α-hetero) is 1. The third-order valence-corrected chi connectivity index (χ3v) is 5.58. The van der Waals surface area contributed by atoms with Crippen molar-refractivity contribution in [3.8, 4) is 11.5 Å². The van der Waals surface area contributed by atoms with Gasteiger partial charge in [0.1, 0.15) is 18.2 Å². The maximum Gasteiger partial charge on any atom is 0.231 e. The van der Waals surface area contributed by atoms with E-state index in [0.29, 0.717) is 29.8 Å². The summed E-state index contributed by atoms with van der Waals surface area (Å²) in [5, 5.41) is 0. The van der Waals surface area contributed by atoms with E-state index in [2.05, 4.69) is 4.90 Å². The van der Waals surface area contributed by atoms with Crippen molar-refractivity contribution in [2.45, 2.75) is 38.3 Å². The fourth-order valence-electron chi connectivity index (χ4n) is 4.18. The lowest BCUT2D eigenvalue weighted by atomic mass is 10.0. The average molecular weight is 347 g/mol. The molecule has 5 rings (SSSR count). The van der Waals surface area contributed by atoms with Gasteiger partial charge >= 0.3 is 0 Å². The highest BCUT2D eigenvalue weighted by Crippen LogP contribution is 2.43. The zero-order valence-electron chi connectivity index (χ0n) is 14.6. The van der Waals surface area contributed by atoms with E-state index in [-0.39, 0.29) is 5.78 Å². The third kappa shape index (κ3) is 2.61. The Morgan fingerprint density at radius 3 is 2.65 bits per heavy atom. The first-order valence-corrected chi connectivity index (χ1v) is 9.31. The molecule has 2 aromatic rings. The molecule has 4 nitrogen and oxygen atoms in total. The van der Waals surface area contributed by atoms with E-state index >= 15 is 0 Å². The molecule has 0 saturated heterocycles. The summed E-state index contributed by atoms with van der Waals surface area (Å²) in [5.74, 6) is 1.85. The molecule has 0 spiro atoms. The van der Waals surface area contributed by atoms with Crippen LogP contribution >= 0.6 is 0 Å². The largest absolute Gasteiger partial charge is 0.478 e. The first kappa shape index (κ1) is 15.6. The van der Waals surface area contributed by atoms with Gasteiger partial charge in [0, 0.05) is 12.6 Å². The van der Waals surface area contributed by atoms with E-state index in [1.54, 1.807) is 0 Å². The Bertz CT molecular complexity index is 882. The normalized spacial score (nSPS) is 21.4. The van der Waals surface area contributed by atoms with Crippen LogP contribution in [0.1, 0.15) is 47.2 Å². The summed E-state index contributed by atoms with van der Waals surface area (Å²) in [6, 6.07) is 14.1. The molecule has 132 valence electrons. The number of allylic oxidation sites excluding steroid dienone is 1. The molecule has 0 N–H and O–H groups in total. The van der Waals surface area contributed by atoms with Gasteiger partial charge in [-0.2, -0.15) is 0 Å². The van der Waals surface area contributed by atoms with Crippen LogP contribution in [0.3, 0.4) is 0 Å². The zero-order chi connectivity index (χ0) is 17.5. The maximum atomic E-state index is 12.8. The van der Waals surface area contributed by atoms with E-state index in [9.17, 15) is 4.79 Å². The molecule has 1 fully saturated rings. The SMILES string of the molecule is O=C1/C(=C/c2ccccc2)Oc2c1ccc1c2CN(C2CCCC2)CO1. The number of hydrogen-bond donors (Lipinski definition) is 0. The number of carbonyl (C=O) groups excluding carboxylic acids is 1. The standard InChI is InChI=1S/C22H21NO3/c24-21-17-10-11-19-18(13-23(14-25-19)16-8-4-5-9-16)22(17)26-20(21)12-15-6-2-1-3-7-15/h1-3,6-7,10-12,16H,4-5,8-9,13-14H2/b20-12-. The number of carbonyl (C=O) groups is 1. The van der Waals surface area contributed by atoms with E-state index in [1.807, 2.05) is 48.5 Å². The van der Waals surface area contributed by atoms with Gasteiger partial charge in [0.2, 0.25) is 5.78 Å². The lowest BCUT2D eigenvalue weighted by Gasteiger charge is -2.33. The smallest absolute Gasteiger partial charge is 0.231 e. The van der Waals surface area contributed by atoms with Crippen molar-refractivity contribution in [1.29, 1.82) is 0 Å².